The third-order valence-corrected chi connectivity index (χ3v) is 4.54. The number of imidazole rings is 1. The minimum atomic E-state index is -0.835. The number of hydrogen-bond donors (Lipinski definition) is 1. The first kappa shape index (κ1) is 13.8. The monoisotopic (exact) mass is 300 g/mol. The van der Waals surface area contributed by atoms with Crippen molar-refractivity contribution in [2.75, 3.05) is 0 Å². The summed E-state index contributed by atoms with van der Waals surface area (Å²) in [6.45, 7) is 5.97. The van der Waals surface area contributed by atoms with Crippen LogP contribution in [0, 0.1) is 20.8 Å². The molecule has 0 fully saturated rings. The lowest BCUT2D eigenvalue weighted by atomic mass is 10.1. The second kappa shape index (κ2) is 5.00. The van der Waals surface area contributed by atoms with E-state index in [9.17, 15) is 4.79 Å². The molecular formula is C16H16N2O2S. The molecule has 3 rings (SSSR count). The second-order valence-corrected chi connectivity index (χ2v) is 6.39. The fourth-order valence-corrected chi connectivity index (χ4v) is 3.63. The van der Waals surface area contributed by atoms with Crippen LogP contribution in [0.25, 0.3) is 16.2 Å². The number of fused-ring (bicyclic) bond motifs is 1. The van der Waals surface area contributed by atoms with Gasteiger partial charge in [-0.15, -0.1) is 11.3 Å². The molecule has 4 nitrogen and oxygen atoms in total. The molecule has 0 saturated heterocycles. The number of carboxylic acid groups (broad SMARTS) is 1. The molecule has 0 bridgehead atoms. The van der Waals surface area contributed by atoms with Crippen LogP contribution in [-0.2, 0) is 11.2 Å². The van der Waals surface area contributed by atoms with Crippen molar-refractivity contribution in [3.8, 4) is 11.3 Å². The number of benzene rings is 1. The largest absolute Gasteiger partial charge is 0.481 e. The molecule has 0 spiro atoms. The minimum Gasteiger partial charge on any atom is -0.481 e. The van der Waals surface area contributed by atoms with Gasteiger partial charge in [0.05, 0.1) is 23.5 Å². The van der Waals surface area contributed by atoms with Gasteiger partial charge in [-0.3, -0.25) is 9.20 Å². The first-order valence-corrected chi connectivity index (χ1v) is 7.55. The van der Waals surface area contributed by atoms with E-state index >= 15 is 0 Å². The topological polar surface area (TPSA) is 54.6 Å². The first-order chi connectivity index (χ1) is 9.97. The van der Waals surface area contributed by atoms with Crippen molar-refractivity contribution in [2.24, 2.45) is 0 Å². The third-order valence-electron chi connectivity index (χ3n) is 3.59. The van der Waals surface area contributed by atoms with Crippen LogP contribution >= 0.6 is 11.3 Å². The molecule has 0 unspecified atom stereocenters. The molecule has 0 aliphatic heterocycles. The van der Waals surface area contributed by atoms with Gasteiger partial charge in [0, 0.05) is 4.88 Å². The maximum Gasteiger partial charge on any atom is 0.309 e. The predicted molar refractivity (Wildman–Crippen MR) is 84.1 cm³/mol. The van der Waals surface area contributed by atoms with Gasteiger partial charge >= 0.3 is 5.97 Å². The predicted octanol–water partition coefficient (Wildman–Crippen LogP) is 3.62. The van der Waals surface area contributed by atoms with Crippen molar-refractivity contribution < 1.29 is 9.90 Å². The summed E-state index contributed by atoms with van der Waals surface area (Å²) >= 11 is 1.60. The van der Waals surface area contributed by atoms with Crippen LogP contribution in [0.5, 0.6) is 0 Å². The smallest absolute Gasteiger partial charge is 0.309 e. The molecule has 0 atom stereocenters. The Balaban J connectivity index is 2.28. The van der Waals surface area contributed by atoms with Crippen LogP contribution < -0.4 is 0 Å². The summed E-state index contributed by atoms with van der Waals surface area (Å²) < 4.78 is 1.99. The molecule has 1 aromatic carbocycles. The zero-order valence-electron chi connectivity index (χ0n) is 12.2. The summed E-state index contributed by atoms with van der Waals surface area (Å²) in [6.07, 6.45) is -0.0119. The number of carbonyl (C=O) groups is 1. The first-order valence-electron chi connectivity index (χ1n) is 6.73. The Bertz CT molecular complexity index is 828. The fourth-order valence-electron chi connectivity index (χ4n) is 2.57. The van der Waals surface area contributed by atoms with Gasteiger partial charge in [-0.05, 0) is 26.3 Å². The fraction of sp³-hybridized carbons (Fsp3) is 0.250. The summed E-state index contributed by atoms with van der Waals surface area (Å²) in [5.41, 5.74) is 4.89. The van der Waals surface area contributed by atoms with E-state index in [1.165, 1.54) is 5.56 Å². The average Bonchev–Trinajstić information content (AvgIpc) is 2.86. The molecule has 108 valence electrons. The molecule has 0 amide bonds. The number of hydrogen-bond acceptors (Lipinski definition) is 3. The Labute approximate surface area is 126 Å². The molecule has 2 aromatic heterocycles. The van der Waals surface area contributed by atoms with Crippen molar-refractivity contribution >= 4 is 22.3 Å². The minimum absolute atomic E-state index is 0.0119. The third kappa shape index (κ3) is 2.34. The van der Waals surface area contributed by atoms with E-state index in [0.29, 0.717) is 0 Å². The summed E-state index contributed by atoms with van der Waals surface area (Å²) in [5.74, 6) is -0.835. The van der Waals surface area contributed by atoms with Gasteiger partial charge in [-0.2, -0.15) is 0 Å². The van der Waals surface area contributed by atoms with Crippen molar-refractivity contribution in [1.29, 1.82) is 0 Å². The maximum absolute atomic E-state index is 11.1. The van der Waals surface area contributed by atoms with Crippen molar-refractivity contribution in [3.63, 3.8) is 0 Å². The number of thiazole rings is 1. The van der Waals surface area contributed by atoms with Crippen LogP contribution in [0.2, 0.25) is 0 Å². The zero-order chi connectivity index (χ0) is 15.1. The molecule has 0 aliphatic rings. The molecule has 3 aromatic rings. The SMILES string of the molecule is Cc1ccc(-c2c(C)sc3nc(C)c(CC(=O)O)n23)cc1. The van der Waals surface area contributed by atoms with Crippen LogP contribution in [-0.4, -0.2) is 20.5 Å². The summed E-state index contributed by atoms with van der Waals surface area (Å²) in [6, 6.07) is 8.28. The van der Waals surface area contributed by atoms with Gasteiger partial charge < -0.3 is 5.11 Å². The summed E-state index contributed by atoms with van der Waals surface area (Å²) in [5, 5.41) is 9.14. The Morgan fingerprint density at radius 1 is 1.24 bits per heavy atom. The average molecular weight is 300 g/mol. The molecule has 2 heterocycles. The molecule has 1 N–H and O–H groups in total. The Morgan fingerprint density at radius 2 is 1.90 bits per heavy atom. The highest BCUT2D eigenvalue weighted by atomic mass is 32.1. The van der Waals surface area contributed by atoms with E-state index in [0.717, 1.165) is 32.5 Å². The van der Waals surface area contributed by atoms with E-state index in [1.807, 2.05) is 11.3 Å². The Kier molecular flexibility index (Phi) is 3.29. The van der Waals surface area contributed by atoms with Crippen LogP contribution in [0.4, 0.5) is 0 Å². The lowest BCUT2D eigenvalue weighted by Crippen LogP contribution is -2.05. The normalized spacial score (nSPS) is 11.2. The lowest BCUT2D eigenvalue weighted by Gasteiger charge is -2.06. The quantitative estimate of drug-likeness (QED) is 0.804. The molecule has 0 saturated carbocycles. The van der Waals surface area contributed by atoms with Gasteiger partial charge in [-0.1, -0.05) is 29.8 Å². The highest BCUT2D eigenvalue weighted by molar-refractivity contribution is 7.17. The molecule has 5 heteroatoms. The number of rotatable bonds is 3. The molecular weight excluding hydrogens is 284 g/mol. The second-order valence-electron chi connectivity index (χ2n) is 5.21. The lowest BCUT2D eigenvalue weighted by molar-refractivity contribution is -0.136. The van der Waals surface area contributed by atoms with Crippen molar-refractivity contribution in [2.45, 2.75) is 27.2 Å². The van der Waals surface area contributed by atoms with Crippen molar-refractivity contribution in [1.82, 2.24) is 9.38 Å². The zero-order valence-corrected chi connectivity index (χ0v) is 13.0. The van der Waals surface area contributed by atoms with E-state index in [4.69, 9.17) is 5.11 Å². The van der Waals surface area contributed by atoms with Crippen molar-refractivity contribution in [3.05, 3.63) is 46.1 Å². The molecule has 0 radical (unpaired) electrons. The maximum atomic E-state index is 11.1. The van der Waals surface area contributed by atoms with Crippen LogP contribution in [0.3, 0.4) is 0 Å². The summed E-state index contributed by atoms with van der Waals surface area (Å²) in [7, 11) is 0. The Morgan fingerprint density at radius 3 is 2.52 bits per heavy atom. The van der Waals surface area contributed by atoms with Gasteiger partial charge in [0.2, 0.25) is 0 Å². The van der Waals surface area contributed by atoms with Gasteiger partial charge in [0.25, 0.3) is 0 Å². The van der Waals surface area contributed by atoms with Gasteiger partial charge in [0.15, 0.2) is 4.96 Å². The van der Waals surface area contributed by atoms with Crippen LogP contribution in [0.15, 0.2) is 24.3 Å². The Hall–Kier alpha value is -2.14. The van der Waals surface area contributed by atoms with Gasteiger partial charge in [-0.25, -0.2) is 4.98 Å². The van der Waals surface area contributed by atoms with E-state index < -0.39 is 5.97 Å². The number of aryl methyl sites for hydroxylation is 3. The number of aromatic nitrogens is 2. The standard InChI is InChI=1S/C16H16N2O2S/c1-9-4-6-12(7-5-9)15-11(3)21-16-17-10(2)13(18(15)16)8-14(19)20/h4-7H,8H2,1-3H3,(H,19,20). The van der Waals surface area contributed by atoms with E-state index in [2.05, 4.69) is 43.1 Å². The highest BCUT2D eigenvalue weighted by Gasteiger charge is 2.19. The summed E-state index contributed by atoms with van der Waals surface area (Å²) in [4.78, 5) is 17.6. The highest BCUT2D eigenvalue weighted by Crippen LogP contribution is 2.33. The number of aliphatic carboxylic acids is 1. The van der Waals surface area contributed by atoms with Crippen LogP contribution in [0.1, 0.15) is 21.8 Å². The number of carboxylic acids is 1. The molecule has 0 aliphatic carbocycles. The van der Waals surface area contributed by atoms with E-state index in [1.54, 1.807) is 11.3 Å². The van der Waals surface area contributed by atoms with Gasteiger partial charge in [0.1, 0.15) is 0 Å². The molecule has 21 heavy (non-hydrogen) atoms. The van der Waals surface area contributed by atoms with E-state index in [-0.39, 0.29) is 6.42 Å². The number of nitrogens with zero attached hydrogens (tertiary/aromatic N) is 2.